The standard InChI is InChI=1S/C21H23N5O2/c1-12-14(11-26(3)25-12)19-18(21(28)24-17-9-4-5-10-22-17)13(2)23-15-7-6-8-16(27)20(15)19/h4-5,9-11,19,23H,6-8H2,1-3H3,(H,22,24,28)/t19-/m0/s1. The van der Waals surface area contributed by atoms with Crippen LogP contribution in [0.5, 0.6) is 0 Å². The Balaban J connectivity index is 1.82. The number of aryl methyl sites for hydroxylation is 2. The Morgan fingerprint density at radius 1 is 1.29 bits per heavy atom. The van der Waals surface area contributed by atoms with Crippen LogP contribution in [0.3, 0.4) is 0 Å². The summed E-state index contributed by atoms with van der Waals surface area (Å²) in [5, 5.41) is 10.6. The van der Waals surface area contributed by atoms with Gasteiger partial charge >= 0.3 is 0 Å². The van der Waals surface area contributed by atoms with Crippen molar-refractivity contribution in [2.75, 3.05) is 5.32 Å². The van der Waals surface area contributed by atoms with E-state index in [1.807, 2.05) is 33.2 Å². The van der Waals surface area contributed by atoms with Gasteiger partial charge in [0.1, 0.15) is 5.82 Å². The van der Waals surface area contributed by atoms with Crippen LogP contribution in [0.1, 0.15) is 43.4 Å². The van der Waals surface area contributed by atoms with Gasteiger partial charge in [-0.25, -0.2) is 4.98 Å². The van der Waals surface area contributed by atoms with Crippen LogP contribution < -0.4 is 10.6 Å². The SMILES string of the molecule is CC1=C(C(=O)Nc2ccccn2)[C@H](c2cn(C)nc2C)C2=C(CCCC2=O)N1. The van der Waals surface area contributed by atoms with Gasteiger partial charge in [0.25, 0.3) is 5.91 Å². The van der Waals surface area contributed by atoms with E-state index in [9.17, 15) is 9.59 Å². The van der Waals surface area contributed by atoms with Crippen molar-refractivity contribution in [2.24, 2.45) is 7.05 Å². The van der Waals surface area contributed by atoms with Crippen LogP contribution in [0.25, 0.3) is 0 Å². The zero-order valence-corrected chi connectivity index (χ0v) is 16.2. The molecule has 0 radical (unpaired) electrons. The van der Waals surface area contributed by atoms with Gasteiger partial charge in [0.15, 0.2) is 5.78 Å². The summed E-state index contributed by atoms with van der Waals surface area (Å²) in [5.41, 5.74) is 4.62. The highest BCUT2D eigenvalue weighted by atomic mass is 16.2. The third-order valence-electron chi connectivity index (χ3n) is 5.29. The van der Waals surface area contributed by atoms with Crippen molar-refractivity contribution in [1.29, 1.82) is 0 Å². The summed E-state index contributed by atoms with van der Waals surface area (Å²) in [5.74, 6) is -0.120. The predicted molar refractivity (Wildman–Crippen MR) is 105 cm³/mol. The number of pyridine rings is 1. The van der Waals surface area contributed by atoms with E-state index in [0.717, 1.165) is 35.5 Å². The van der Waals surface area contributed by atoms with Crippen LogP contribution in [0.15, 0.2) is 53.1 Å². The second-order valence-electron chi connectivity index (χ2n) is 7.28. The lowest BCUT2D eigenvalue weighted by atomic mass is 9.75. The number of aromatic nitrogens is 3. The van der Waals surface area contributed by atoms with Gasteiger partial charge in [-0.1, -0.05) is 6.07 Å². The third kappa shape index (κ3) is 3.13. The van der Waals surface area contributed by atoms with E-state index in [1.54, 1.807) is 23.0 Å². The van der Waals surface area contributed by atoms with Crippen LogP contribution >= 0.6 is 0 Å². The fourth-order valence-electron chi connectivity index (χ4n) is 4.12. The molecule has 0 fully saturated rings. The van der Waals surface area contributed by atoms with Crippen LogP contribution in [-0.2, 0) is 16.6 Å². The van der Waals surface area contributed by atoms with Gasteiger partial charge in [-0.3, -0.25) is 14.3 Å². The average molecular weight is 377 g/mol. The molecule has 2 aliphatic rings. The minimum absolute atomic E-state index is 0.0950. The van der Waals surface area contributed by atoms with Gasteiger partial charge in [-0.15, -0.1) is 0 Å². The summed E-state index contributed by atoms with van der Waals surface area (Å²) in [6, 6.07) is 5.35. The van der Waals surface area contributed by atoms with Gasteiger partial charge in [0, 0.05) is 59.9 Å². The fourth-order valence-corrected chi connectivity index (χ4v) is 4.12. The van der Waals surface area contributed by atoms with E-state index in [0.29, 0.717) is 23.4 Å². The number of Topliss-reactive ketones (excluding diaryl/α,β-unsaturated/α-hetero) is 1. The van der Waals surface area contributed by atoms with E-state index >= 15 is 0 Å². The topological polar surface area (TPSA) is 88.9 Å². The molecule has 0 bridgehead atoms. The Bertz CT molecular complexity index is 1020. The van der Waals surface area contributed by atoms with Crippen molar-refractivity contribution in [3.8, 4) is 0 Å². The summed E-state index contributed by atoms with van der Waals surface area (Å²) < 4.78 is 1.73. The van der Waals surface area contributed by atoms with Crippen LogP contribution in [0.4, 0.5) is 5.82 Å². The summed E-state index contributed by atoms with van der Waals surface area (Å²) in [4.78, 5) is 30.3. The smallest absolute Gasteiger partial charge is 0.255 e. The molecule has 1 amide bonds. The molecule has 0 saturated heterocycles. The predicted octanol–water partition coefficient (Wildman–Crippen LogP) is 2.73. The average Bonchev–Trinajstić information content (AvgIpc) is 2.99. The molecule has 1 aliphatic heterocycles. The maximum Gasteiger partial charge on any atom is 0.255 e. The number of dihydropyridines is 1. The van der Waals surface area contributed by atoms with Crippen LogP contribution in [-0.4, -0.2) is 26.5 Å². The molecule has 7 heteroatoms. The number of nitrogens with one attached hydrogen (secondary N) is 2. The van der Waals surface area contributed by atoms with Gasteiger partial charge in [-0.05, 0) is 38.8 Å². The number of nitrogens with zero attached hydrogens (tertiary/aromatic N) is 3. The lowest BCUT2D eigenvalue weighted by Crippen LogP contribution is -2.35. The van der Waals surface area contributed by atoms with E-state index < -0.39 is 5.92 Å². The first-order valence-electron chi connectivity index (χ1n) is 9.42. The zero-order chi connectivity index (χ0) is 19.8. The molecule has 4 rings (SSSR count). The number of allylic oxidation sites excluding steroid dienone is 3. The van der Waals surface area contributed by atoms with Crippen molar-refractivity contribution in [3.05, 3.63) is 64.4 Å². The number of anilines is 1. The molecule has 1 aliphatic carbocycles. The largest absolute Gasteiger partial charge is 0.362 e. The fraction of sp³-hybridized carbons (Fsp3) is 0.333. The molecule has 0 spiro atoms. The Labute approximate surface area is 163 Å². The van der Waals surface area contributed by atoms with E-state index in [-0.39, 0.29) is 11.7 Å². The Kier molecular flexibility index (Phi) is 4.58. The highest BCUT2D eigenvalue weighted by molar-refractivity contribution is 6.09. The second-order valence-corrected chi connectivity index (χ2v) is 7.28. The summed E-state index contributed by atoms with van der Waals surface area (Å²) >= 11 is 0. The zero-order valence-electron chi connectivity index (χ0n) is 16.2. The van der Waals surface area contributed by atoms with E-state index in [2.05, 4.69) is 20.7 Å². The summed E-state index contributed by atoms with van der Waals surface area (Å²) in [6.45, 7) is 3.80. The number of hydrogen-bond acceptors (Lipinski definition) is 5. The van der Waals surface area contributed by atoms with E-state index in [1.165, 1.54) is 0 Å². The number of carbonyl (C=O) groups excluding carboxylic acids is 2. The molecule has 0 aromatic carbocycles. The number of rotatable bonds is 3. The molecule has 2 N–H and O–H groups in total. The van der Waals surface area contributed by atoms with E-state index in [4.69, 9.17) is 0 Å². The van der Waals surface area contributed by atoms with Gasteiger partial charge < -0.3 is 10.6 Å². The lowest BCUT2D eigenvalue weighted by Gasteiger charge is -2.34. The molecule has 3 heterocycles. The molecule has 7 nitrogen and oxygen atoms in total. The molecule has 2 aromatic rings. The van der Waals surface area contributed by atoms with Gasteiger partial charge in [-0.2, -0.15) is 5.10 Å². The quantitative estimate of drug-likeness (QED) is 0.859. The minimum Gasteiger partial charge on any atom is -0.362 e. The molecular weight excluding hydrogens is 354 g/mol. The van der Waals surface area contributed by atoms with Crippen molar-refractivity contribution < 1.29 is 9.59 Å². The third-order valence-corrected chi connectivity index (χ3v) is 5.29. The summed E-state index contributed by atoms with van der Waals surface area (Å²) in [7, 11) is 1.85. The monoisotopic (exact) mass is 377 g/mol. The normalized spacial score (nSPS) is 19.4. The first-order valence-corrected chi connectivity index (χ1v) is 9.42. The molecule has 144 valence electrons. The van der Waals surface area contributed by atoms with Crippen molar-refractivity contribution in [3.63, 3.8) is 0 Å². The van der Waals surface area contributed by atoms with Crippen molar-refractivity contribution >= 4 is 17.5 Å². The molecule has 0 saturated carbocycles. The van der Waals surface area contributed by atoms with Gasteiger partial charge in [0.2, 0.25) is 0 Å². The summed E-state index contributed by atoms with van der Waals surface area (Å²) in [6.07, 6.45) is 5.67. The Morgan fingerprint density at radius 3 is 2.79 bits per heavy atom. The Morgan fingerprint density at radius 2 is 2.11 bits per heavy atom. The maximum atomic E-state index is 13.3. The van der Waals surface area contributed by atoms with Crippen molar-refractivity contribution in [1.82, 2.24) is 20.1 Å². The molecule has 28 heavy (non-hydrogen) atoms. The molecule has 1 atom stereocenters. The molecular formula is C21H23N5O2. The van der Waals surface area contributed by atoms with Crippen LogP contribution in [0.2, 0.25) is 0 Å². The number of amides is 1. The first-order chi connectivity index (χ1) is 13.5. The second kappa shape index (κ2) is 7.07. The van der Waals surface area contributed by atoms with Crippen LogP contribution in [0, 0.1) is 6.92 Å². The minimum atomic E-state index is -0.429. The van der Waals surface area contributed by atoms with Crippen molar-refractivity contribution in [2.45, 2.75) is 39.0 Å². The molecule has 2 aromatic heterocycles. The van der Waals surface area contributed by atoms with Gasteiger partial charge in [0.05, 0.1) is 5.69 Å². The number of ketones is 1. The maximum absolute atomic E-state index is 13.3. The highest BCUT2D eigenvalue weighted by Crippen LogP contribution is 2.43. The Hall–Kier alpha value is -3.22. The number of carbonyl (C=O) groups is 2. The molecule has 0 unspecified atom stereocenters. The highest BCUT2D eigenvalue weighted by Gasteiger charge is 2.39. The first kappa shape index (κ1) is 18.2. The number of hydrogen-bond donors (Lipinski definition) is 2. The lowest BCUT2D eigenvalue weighted by molar-refractivity contribution is -0.116.